The van der Waals surface area contributed by atoms with Gasteiger partial charge in [-0.3, -0.25) is 0 Å². The van der Waals surface area contributed by atoms with E-state index in [-0.39, 0.29) is 23.4 Å². The molecular formula is C14H18FNO2S. The largest absolute Gasteiger partial charge is 0.342 e. The van der Waals surface area contributed by atoms with Crippen molar-refractivity contribution in [3.8, 4) is 0 Å². The third-order valence-electron chi connectivity index (χ3n) is 3.26. The Kier molecular flexibility index (Phi) is 3.67. The lowest BCUT2D eigenvalue weighted by molar-refractivity contribution is 0.587. The van der Waals surface area contributed by atoms with Crippen LogP contribution in [-0.4, -0.2) is 18.7 Å². The molecule has 0 spiro atoms. The summed E-state index contributed by atoms with van der Waals surface area (Å²) in [5.74, 6) is -0.258. The molecule has 0 saturated carbocycles. The van der Waals surface area contributed by atoms with Crippen LogP contribution in [0.4, 0.5) is 4.39 Å². The summed E-state index contributed by atoms with van der Waals surface area (Å²) in [4.78, 5) is 0. The minimum absolute atomic E-state index is 0.0385. The molecule has 2 rings (SSSR count). The summed E-state index contributed by atoms with van der Waals surface area (Å²) >= 11 is 0. The molecule has 0 atom stereocenters. The highest BCUT2D eigenvalue weighted by Crippen LogP contribution is 2.28. The maximum absolute atomic E-state index is 14.0. The van der Waals surface area contributed by atoms with Gasteiger partial charge in [0.05, 0.1) is 11.3 Å². The van der Waals surface area contributed by atoms with E-state index in [1.54, 1.807) is 29.8 Å². The average molecular weight is 283 g/mol. The second kappa shape index (κ2) is 4.96. The number of fused-ring (bicyclic) bond motifs is 1. The second-order valence-electron chi connectivity index (χ2n) is 4.97. The smallest absolute Gasteiger partial charge is 0.154 e. The molecule has 0 radical (unpaired) electrons. The molecule has 0 N–H and O–H groups in total. The molecule has 1 aromatic heterocycles. The zero-order valence-corrected chi connectivity index (χ0v) is 12.2. The lowest BCUT2D eigenvalue weighted by atomic mass is 10.2. The fourth-order valence-corrected chi connectivity index (χ4v) is 3.11. The maximum atomic E-state index is 14.0. The first-order chi connectivity index (χ1) is 8.85. The number of hydrogen-bond donors (Lipinski definition) is 0. The predicted octanol–water partition coefficient (Wildman–Crippen LogP) is 3.30. The van der Waals surface area contributed by atoms with Crippen LogP contribution in [0.15, 0.2) is 24.4 Å². The van der Waals surface area contributed by atoms with E-state index in [4.69, 9.17) is 0 Å². The summed E-state index contributed by atoms with van der Waals surface area (Å²) < 4.78 is 39.3. The van der Waals surface area contributed by atoms with Gasteiger partial charge in [-0.15, -0.1) is 0 Å². The molecule has 0 unspecified atom stereocenters. The van der Waals surface area contributed by atoms with Crippen LogP contribution in [0.5, 0.6) is 0 Å². The minimum atomic E-state index is -3.13. The Morgan fingerprint density at radius 1 is 1.32 bits per heavy atom. The van der Waals surface area contributed by atoms with Gasteiger partial charge in [-0.2, -0.15) is 0 Å². The molecule has 1 heterocycles. The lowest BCUT2D eigenvalue weighted by Gasteiger charge is -2.09. The van der Waals surface area contributed by atoms with Crippen molar-refractivity contribution >= 4 is 20.7 Å². The van der Waals surface area contributed by atoms with Crippen LogP contribution in [-0.2, 0) is 15.6 Å². The van der Waals surface area contributed by atoms with Gasteiger partial charge in [0.2, 0.25) is 0 Å². The van der Waals surface area contributed by atoms with Crippen LogP contribution in [0.3, 0.4) is 0 Å². The molecule has 1 aromatic carbocycles. The number of benzene rings is 1. The fourth-order valence-electron chi connectivity index (χ4n) is 2.20. The number of sulfone groups is 1. The van der Waals surface area contributed by atoms with Crippen LogP contribution in [0.1, 0.15) is 32.4 Å². The highest BCUT2D eigenvalue weighted by molar-refractivity contribution is 7.90. The molecule has 5 heteroatoms. The van der Waals surface area contributed by atoms with Crippen molar-refractivity contribution in [2.24, 2.45) is 0 Å². The first-order valence-corrected chi connectivity index (χ1v) is 8.16. The highest BCUT2D eigenvalue weighted by atomic mass is 32.2. The van der Waals surface area contributed by atoms with E-state index < -0.39 is 9.84 Å². The van der Waals surface area contributed by atoms with E-state index >= 15 is 0 Å². The van der Waals surface area contributed by atoms with Gasteiger partial charge in [0, 0.05) is 23.4 Å². The first kappa shape index (κ1) is 14.1. The molecular weight excluding hydrogens is 265 g/mol. The summed E-state index contributed by atoms with van der Waals surface area (Å²) in [6.45, 7) is 5.52. The quantitative estimate of drug-likeness (QED) is 0.863. The molecule has 0 bridgehead atoms. The Hall–Kier alpha value is -1.36. The molecule has 0 saturated heterocycles. The molecule has 2 aromatic rings. The van der Waals surface area contributed by atoms with Gasteiger partial charge in [-0.05, 0) is 25.5 Å². The van der Waals surface area contributed by atoms with Gasteiger partial charge in [0.25, 0.3) is 0 Å². The van der Waals surface area contributed by atoms with Crippen LogP contribution in [0.25, 0.3) is 10.9 Å². The Labute approximate surface area is 113 Å². The molecule has 104 valence electrons. The summed E-state index contributed by atoms with van der Waals surface area (Å²) in [5.41, 5.74) is 1.16. The number of aromatic nitrogens is 1. The van der Waals surface area contributed by atoms with Crippen molar-refractivity contribution in [1.29, 1.82) is 0 Å². The summed E-state index contributed by atoms with van der Waals surface area (Å²) in [5, 5.41) is 0.686. The van der Waals surface area contributed by atoms with Crippen LogP contribution in [0.2, 0.25) is 0 Å². The monoisotopic (exact) mass is 283 g/mol. The van der Waals surface area contributed by atoms with E-state index in [2.05, 4.69) is 0 Å². The third-order valence-corrected chi connectivity index (χ3v) is 4.89. The molecule has 0 fully saturated rings. The van der Waals surface area contributed by atoms with E-state index in [1.807, 2.05) is 13.8 Å². The lowest BCUT2D eigenvalue weighted by Crippen LogP contribution is -2.06. The van der Waals surface area contributed by atoms with Crippen LogP contribution < -0.4 is 0 Å². The van der Waals surface area contributed by atoms with Gasteiger partial charge >= 0.3 is 0 Å². The zero-order chi connectivity index (χ0) is 14.2. The molecule has 0 aliphatic carbocycles. The zero-order valence-electron chi connectivity index (χ0n) is 11.4. The summed E-state index contributed by atoms with van der Waals surface area (Å²) in [6.07, 6.45) is 1.76. The summed E-state index contributed by atoms with van der Waals surface area (Å²) in [7, 11) is -3.13. The van der Waals surface area contributed by atoms with Gasteiger partial charge in [0.15, 0.2) is 9.84 Å². The van der Waals surface area contributed by atoms with Gasteiger partial charge < -0.3 is 4.57 Å². The second-order valence-corrected chi connectivity index (χ2v) is 7.32. The SMILES string of the molecule is CCS(=O)(=O)Cc1cn(C(C)C)c2c(F)cccc12. The molecule has 0 aliphatic heterocycles. The molecule has 0 aliphatic rings. The maximum Gasteiger partial charge on any atom is 0.154 e. The van der Waals surface area contributed by atoms with Crippen molar-refractivity contribution in [2.75, 3.05) is 5.75 Å². The number of nitrogens with zero attached hydrogens (tertiary/aromatic N) is 1. The van der Waals surface area contributed by atoms with Crippen molar-refractivity contribution in [3.63, 3.8) is 0 Å². The van der Waals surface area contributed by atoms with Crippen LogP contribution >= 0.6 is 0 Å². The number of hydrogen-bond acceptors (Lipinski definition) is 2. The number of rotatable bonds is 4. The Morgan fingerprint density at radius 2 is 2.00 bits per heavy atom. The van der Waals surface area contributed by atoms with Gasteiger partial charge in [0.1, 0.15) is 5.82 Å². The van der Waals surface area contributed by atoms with E-state index in [1.165, 1.54) is 6.07 Å². The topological polar surface area (TPSA) is 39.1 Å². The summed E-state index contributed by atoms with van der Waals surface area (Å²) in [6, 6.07) is 4.87. The van der Waals surface area contributed by atoms with E-state index in [0.29, 0.717) is 16.5 Å². The Morgan fingerprint density at radius 3 is 2.58 bits per heavy atom. The van der Waals surface area contributed by atoms with Crippen molar-refractivity contribution in [1.82, 2.24) is 4.57 Å². The Bertz CT molecular complexity index is 702. The van der Waals surface area contributed by atoms with Gasteiger partial charge in [-0.1, -0.05) is 19.1 Å². The minimum Gasteiger partial charge on any atom is -0.342 e. The molecule has 19 heavy (non-hydrogen) atoms. The molecule has 0 amide bonds. The number of halogens is 1. The predicted molar refractivity (Wildman–Crippen MR) is 75.4 cm³/mol. The molecule has 3 nitrogen and oxygen atoms in total. The van der Waals surface area contributed by atoms with E-state index in [9.17, 15) is 12.8 Å². The van der Waals surface area contributed by atoms with Gasteiger partial charge in [-0.25, -0.2) is 12.8 Å². The van der Waals surface area contributed by atoms with Crippen LogP contribution in [0, 0.1) is 5.82 Å². The Balaban J connectivity index is 2.67. The highest BCUT2D eigenvalue weighted by Gasteiger charge is 2.18. The van der Waals surface area contributed by atoms with Crippen molar-refractivity contribution in [2.45, 2.75) is 32.6 Å². The third kappa shape index (κ3) is 2.66. The fraction of sp³-hybridized carbons (Fsp3) is 0.429. The van der Waals surface area contributed by atoms with Crippen molar-refractivity contribution < 1.29 is 12.8 Å². The first-order valence-electron chi connectivity index (χ1n) is 6.34. The average Bonchev–Trinajstić information content (AvgIpc) is 2.69. The normalized spacial score (nSPS) is 12.5. The standard InChI is InChI=1S/C14H18FNO2S/c1-4-19(17,18)9-11-8-16(10(2)3)14-12(11)6-5-7-13(14)15/h5-8,10H,4,9H2,1-3H3. The van der Waals surface area contributed by atoms with Crippen molar-refractivity contribution in [3.05, 3.63) is 35.8 Å². The number of para-hydroxylation sites is 1. The van der Waals surface area contributed by atoms with E-state index in [0.717, 1.165) is 0 Å².